The van der Waals surface area contributed by atoms with Gasteiger partial charge in [-0.1, -0.05) is 0 Å². The summed E-state index contributed by atoms with van der Waals surface area (Å²) in [5.74, 6) is 0.139. The predicted octanol–water partition coefficient (Wildman–Crippen LogP) is 2.86. The highest BCUT2D eigenvalue weighted by atomic mass is 19.1. The molecule has 3 rings (SSSR count). The Morgan fingerprint density at radius 1 is 1.30 bits per heavy atom. The maximum Gasteiger partial charge on any atom is 0.322 e. The van der Waals surface area contributed by atoms with Crippen LogP contribution >= 0.6 is 0 Å². The summed E-state index contributed by atoms with van der Waals surface area (Å²) in [6.45, 7) is 2.29. The summed E-state index contributed by atoms with van der Waals surface area (Å²) in [4.78, 5) is 14.3. The molecule has 2 aliphatic rings. The van der Waals surface area contributed by atoms with Crippen molar-refractivity contribution in [3.05, 3.63) is 30.1 Å². The number of carbonyl (C=O) groups excluding carboxylic acids is 1. The third-order valence-electron chi connectivity index (χ3n) is 3.82. The highest BCUT2D eigenvalue weighted by Crippen LogP contribution is 2.29. The molecule has 4 nitrogen and oxygen atoms in total. The molecule has 1 atom stereocenters. The average Bonchev–Trinajstić information content (AvgIpc) is 3.15. The van der Waals surface area contributed by atoms with E-state index in [1.165, 1.54) is 12.1 Å². The molecule has 0 radical (unpaired) electrons. The number of anilines is 1. The lowest BCUT2D eigenvalue weighted by molar-refractivity contribution is 0.167. The summed E-state index contributed by atoms with van der Waals surface area (Å²) >= 11 is 0. The Morgan fingerprint density at radius 2 is 2.05 bits per heavy atom. The first-order chi connectivity index (χ1) is 9.72. The number of ether oxygens (including phenoxy) is 1. The number of rotatable bonds is 4. The van der Waals surface area contributed by atoms with Gasteiger partial charge in [0.1, 0.15) is 5.82 Å². The van der Waals surface area contributed by atoms with E-state index >= 15 is 0 Å². The van der Waals surface area contributed by atoms with Gasteiger partial charge >= 0.3 is 6.03 Å². The van der Waals surface area contributed by atoms with E-state index in [0.29, 0.717) is 17.6 Å². The van der Waals surface area contributed by atoms with Gasteiger partial charge in [0.25, 0.3) is 0 Å². The molecule has 2 fully saturated rings. The highest BCUT2D eigenvalue weighted by Gasteiger charge is 2.34. The molecular weight excluding hydrogens is 259 g/mol. The first-order valence-electron chi connectivity index (χ1n) is 7.13. The van der Waals surface area contributed by atoms with Crippen molar-refractivity contribution in [2.75, 3.05) is 25.1 Å². The fourth-order valence-corrected chi connectivity index (χ4v) is 2.52. The topological polar surface area (TPSA) is 41.6 Å². The maximum atomic E-state index is 12.9. The van der Waals surface area contributed by atoms with Gasteiger partial charge in [-0.2, -0.15) is 0 Å². The summed E-state index contributed by atoms with van der Waals surface area (Å²) in [7, 11) is 0. The van der Waals surface area contributed by atoms with Crippen LogP contribution in [0, 0.1) is 11.7 Å². The van der Waals surface area contributed by atoms with Gasteiger partial charge in [-0.15, -0.1) is 0 Å². The fourth-order valence-electron chi connectivity index (χ4n) is 2.52. The van der Waals surface area contributed by atoms with Gasteiger partial charge in [-0.25, -0.2) is 9.18 Å². The zero-order valence-corrected chi connectivity index (χ0v) is 11.3. The van der Waals surface area contributed by atoms with Gasteiger partial charge in [-0.05, 0) is 43.5 Å². The predicted molar refractivity (Wildman–Crippen MR) is 74.1 cm³/mol. The second-order valence-corrected chi connectivity index (χ2v) is 5.55. The molecule has 1 saturated heterocycles. The Kier molecular flexibility index (Phi) is 3.87. The van der Waals surface area contributed by atoms with E-state index in [0.717, 1.165) is 39.0 Å². The van der Waals surface area contributed by atoms with Crippen molar-refractivity contribution in [1.82, 2.24) is 4.90 Å². The number of hydrogen-bond donors (Lipinski definition) is 1. The minimum absolute atomic E-state index is 0.0917. The number of benzene rings is 1. The Hall–Kier alpha value is -1.62. The molecule has 2 amide bonds. The zero-order valence-electron chi connectivity index (χ0n) is 11.3. The molecule has 1 saturated carbocycles. The number of carbonyl (C=O) groups is 1. The van der Waals surface area contributed by atoms with Crippen molar-refractivity contribution in [3.8, 4) is 0 Å². The molecule has 1 N–H and O–H groups in total. The van der Waals surface area contributed by atoms with Gasteiger partial charge in [0.05, 0.1) is 6.61 Å². The normalized spacial score (nSPS) is 21.8. The summed E-state index contributed by atoms with van der Waals surface area (Å²) < 4.78 is 18.2. The van der Waals surface area contributed by atoms with Gasteiger partial charge in [-0.3, -0.25) is 0 Å². The molecule has 0 spiro atoms. The molecule has 20 heavy (non-hydrogen) atoms. The van der Waals surface area contributed by atoms with E-state index in [2.05, 4.69) is 5.32 Å². The molecule has 1 heterocycles. The van der Waals surface area contributed by atoms with Crippen LogP contribution in [0.2, 0.25) is 0 Å². The molecular formula is C15H19FN2O2. The van der Waals surface area contributed by atoms with Gasteiger partial charge in [0, 0.05) is 30.8 Å². The summed E-state index contributed by atoms with van der Waals surface area (Å²) in [6, 6.07) is 6.12. The number of urea groups is 1. The number of amides is 2. The summed E-state index contributed by atoms with van der Waals surface area (Å²) in [5.41, 5.74) is 0.629. The molecule has 5 heteroatoms. The van der Waals surface area contributed by atoms with Crippen molar-refractivity contribution in [1.29, 1.82) is 0 Å². The smallest absolute Gasteiger partial charge is 0.322 e. The maximum absolute atomic E-state index is 12.9. The van der Waals surface area contributed by atoms with E-state index in [1.807, 2.05) is 4.90 Å². The van der Waals surface area contributed by atoms with Crippen LogP contribution in [0.4, 0.5) is 14.9 Å². The summed E-state index contributed by atoms with van der Waals surface area (Å²) in [6.07, 6.45) is 3.17. The molecule has 1 unspecified atom stereocenters. The lowest BCUT2D eigenvalue weighted by Crippen LogP contribution is -2.40. The van der Waals surface area contributed by atoms with Crippen LogP contribution in [-0.4, -0.2) is 36.7 Å². The molecule has 108 valence electrons. The molecule has 0 aromatic heterocycles. The summed E-state index contributed by atoms with van der Waals surface area (Å²) in [5, 5.41) is 2.84. The Balaban J connectivity index is 1.61. The van der Waals surface area contributed by atoms with Crippen molar-refractivity contribution >= 4 is 11.7 Å². The number of nitrogens with one attached hydrogen (secondary N) is 1. The first-order valence-corrected chi connectivity index (χ1v) is 7.13. The van der Waals surface area contributed by atoms with Gasteiger partial charge in [0.15, 0.2) is 0 Å². The number of nitrogens with zero attached hydrogens (tertiary/aromatic N) is 1. The monoisotopic (exact) mass is 278 g/mol. The van der Waals surface area contributed by atoms with E-state index < -0.39 is 0 Å². The van der Waals surface area contributed by atoms with Crippen molar-refractivity contribution in [3.63, 3.8) is 0 Å². The molecule has 1 aliphatic heterocycles. The second kappa shape index (κ2) is 5.79. The van der Waals surface area contributed by atoms with Crippen LogP contribution in [-0.2, 0) is 4.74 Å². The minimum Gasteiger partial charge on any atom is -0.381 e. The van der Waals surface area contributed by atoms with E-state index in [-0.39, 0.29) is 11.8 Å². The van der Waals surface area contributed by atoms with Crippen LogP contribution in [0.3, 0.4) is 0 Å². The third-order valence-corrected chi connectivity index (χ3v) is 3.82. The van der Waals surface area contributed by atoms with Crippen LogP contribution in [0.1, 0.15) is 19.3 Å². The van der Waals surface area contributed by atoms with Crippen LogP contribution in [0.15, 0.2) is 24.3 Å². The zero-order chi connectivity index (χ0) is 13.9. The third kappa shape index (κ3) is 3.28. The molecule has 0 bridgehead atoms. The SMILES string of the molecule is O=C(Nc1ccc(F)cc1)N(CC1CCOC1)C1CC1. The van der Waals surface area contributed by atoms with Crippen LogP contribution in [0.25, 0.3) is 0 Å². The van der Waals surface area contributed by atoms with E-state index in [4.69, 9.17) is 4.74 Å². The Morgan fingerprint density at radius 3 is 2.65 bits per heavy atom. The van der Waals surface area contributed by atoms with Crippen molar-refractivity contribution < 1.29 is 13.9 Å². The van der Waals surface area contributed by atoms with E-state index in [9.17, 15) is 9.18 Å². The van der Waals surface area contributed by atoms with Crippen LogP contribution in [0.5, 0.6) is 0 Å². The number of hydrogen-bond acceptors (Lipinski definition) is 2. The number of halogens is 1. The molecule has 1 aromatic rings. The first kappa shape index (κ1) is 13.4. The second-order valence-electron chi connectivity index (χ2n) is 5.55. The van der Waals surface area contributed by atoms with E-state index in [1.54, 1.807) is 12.1 Å². The van der Waals surface area contributed by atoms with Crippen LogP contribution < -0.4 is 5.32 Å². The standard InChI is InChI=1S/C15H19FN2O2/c16-12-1-3-13(4-2-12)17-15(19)18(14-5-6-14)9-11-7-8-20-10-11/h1-4,11,14H,5-10H2,(H,17,19). The fraction of sp³-hybridized carbons (Fsp3) is 0.533. The van der Waals surface area contributed by atoms with Crippen molar-refractivity contribution in [2.45, 2.75) is 25.3 Å². The van der Waals surface area contributed by atoms with Gasteiger partial charge in [0.2, 0.25) is 0 Å². The molecule has 1 aromatic carbocycles. The molecule has 1 aliphatic carbocycles. The Bertz CT molecular complexity index is 467. The lowest BCUT2D eigenvalue weighted by Gasteiger charge is -2.25. The van der Waals surface area contributed by atoms with Crippen molar-refractivity contribution in [2.24, 2.45) is 5.92 Å². The minimum atomic E-state index is -0.301. The lowest BCUT2D eigenvalue weighted by atomic mass is 10.1. The van der Waals surface area contributed by atoms with Gasteiger partial charge < -0.3 is 15.0 Å². The average molecular weight is 278 g/mol. The largest absolute Gasteiger partial charge is 0.381 e. The highest BCUT2D eigenvalue weighted by molar-refractivity contribution is 5.89. The quantitative estimate of drug-likeness (QED) is 0.920. The Labute approximate surface area is 117 Å².